The summed E-state index contributed by atoms with van der Waals surface area (Å²) in [4.78, 5) is 6.22. The van der Waals surface area contributed by atoms with E-state index in [0.717, 1.165) is 22.5 Å². The first-order valence-electron chi connectivity index (χ1n) is 7.59. The lowest BCUT2D eigenvalue weighted by atomic mass is 9.94. The number of rotatable bonds is 1. The van der Waals surface area contributed by atoms with Gasteiger partial charge in [-0.1, -0.05) is 36.4 Å². The molecule has 110 valence electrons. The summed E-state index contributed by atoms with van der Waals surface area (Å²) in [5, 5.41) is 3.31. The molecule has 1 aliphatic rings. The third kappa shape index (κ3) is 1.90. The third-order valence-corrected chi connectivity index (χ3v) is 5.16. The molecule has 0 amide bonds. The van der Waals surface area contributed by atoms with Crippen molar-refractivity contribution in [2.24, 2.45) is 0 Å². The number of nitrogens with zero attached hydrogens (tertiary/aromatic N) is 1. The number of thiophene rings is 1. The molecule has 0 saturated heterocycles. The summed E-state index contributed by atoms with van der Waals surface area (Å²) in [5.41, 5.74) is 5.61. The first-order chi connectivity index (χ1) is 11.4. The number of pyridine rings is 1. The van der Waals surface area contributed by atoms with Gasteiger partial charge in [-0.25, -0.2) is 4.98 Å². The minimum Gasteiger partial charge on any atom is -0.488 e. The molecule has 0 N–H and O–H groups in total. The molecule has 0 atom stereocenters. The Labute approximate surface area is 138 Å². The molecule has 2 aromatic carbocycles. The maximum atomic E-state index is 6.00. The molecule has 1 aliphatic heterocycles. The molecule has 0 spiro atoms. The van der Waals surface area contributed by atoms with Crippen LogP contribution in [0.15, 0.2) is 66.0 Å². The van der Waals surface area contributed by atoms with E-state index >= 15 is 0 Å². The van der Waals surface area contributed by atoms with Gasteiger partial charge in [0.1, 0.15) is 12.4 Å². The molecule has 0 fully saturated rings. The zero-order valence-corrected chi connectivity index (χ0v) is 13.1. The van der Waals surface area contributed by atoms with Crippen LogP contribution in [0, 0.1) is 0 Å². The van der Waals surface area contributed by atoms with E-state index < -0.39 is 0 Å². The van der Waals surface area contributed by atoms with Crippen molar-refractivity contribution in [1.29, 1.82) is 0 Å². The molecule has 4 aromatic rings. The summed E-state index contributed by atoms with van der Waals surface area (Å²) < 4.78 is 6.00. The lowest BCUT2D eigenvalue weighted by molar-refractivity contribution is 0.302. The Balaban J connectivity index is 1.93. The van der Waals surface area contributed by atoms with E-state index in [9.17, 15) is 0 Å². The SMILES string of the molecule is c1csc(-c2c3c(nc4ccccc24)-c2ccccc2OC3)c1. The van der Waals surface area contributed by atoms with Crippen LogP contribution in [0.5, 0.6) is 5.75 Å². The Kier molecular flexibility index (Phi) is 2.76. The normalized spacial score (nSPS) is 12.5. The van der Waals surface area contributed by atoms with Crippen molar-refractivity contribution >= 4 is 22.2 Å². The van der Waals surface area contributed by atoms with Gasteiger partial charge in [-0.05, 0) is 29.6 Å². The van der Waals surface area contributed by atoms with Crippen LogP contribution in [0.1, 0.15) is 5.56 Å². The Hall–Kier alpha value is -2.65. The van der Waals surface area contributed by atoms with Gasteiger partial charge in [-0.15, -0.1) is 11.3 Å². The molecule has 0 saturated carbocycles. The van der Waals surface area contributed by atoms with Crippen molar-refractivity contribution in [1.82, 2.24) is 4.98 Å². The summed E-state index contributed by atoms with van der Waals surface area (Å²) in [7, 11) is 0. The standard InChI is InChI=1S/C20H13NOS/c1-3-8-16-13(6-1)19(18-10-5-11-23-18)15-12-22-17-9-4-2-7-14(17)20(15)21-16/h1-11H,12H2. The van der Waals surface area contributed by atoms with Gasteiger partial charge in [0.2, 0.25) is 0 Å². The van der Waals surface area contributed by atoms with Crippen LogP contribution in [0.25, 0.3) is 32.6 Å². The smallest absolute Gasteiger partial charge is 0.129 e. The highest BCUT2D eigenvalue weighted by molar-refractivity contribution is 7.13. The molecule has 5 rings (SSSR count). The summed E-state index contributed by atoms with van der Waals surface area (Å²) in [6.45, 7) is 0.567. The molecule has 3 heteroatoms. The highest BCUT2D eigenvalue weighted by Crippen LogP contribution is 2.44. The van der Waals surface area contributed by atoms with E-state index in [2.05, 4.69) is 41.8 Å². The van der Waals surface area contributed by atoms with E-state index in [0.29, 0.717) is 6.61 Å². The quantitative estimate of drug-likeness (QED) is 0.461. The molecule has 23 heavy (non-hydrogen) atoms. The summed E-state index contributed by atoms with van der Waals surface area (Å²) in [6, 6.07) is 20.8. The molecule has 3 heterocycles. The van der Waals surface area contributed by atoms with Gasteiger partial charge in [0, 0.05) is 27.0 Å². The number of ether oxygens (including phenoxy) is 1. The second-order valence-electron chi connectivity index (χ2n) is 5.59. The first-order valence-corrected chi connectivity index (χ1v) is 8.47. The molecule has 0 aliphatic carbocycles. The molecule has 2 nitrogen and oxygen atoms in total. The topological polar surface area (TPSA) is 22.1 Å². The first kappa shape index (κ1) is 12.9. The van der Waals surface area contributed by atoms with Gasteiger partial charge in [-0.2, -0.15) is 0 Å². The van der Waals surface area contributed by atoms with Gasteiger partial charge in [0.25, 0.3) is 0 Å². The van der Waals surface area contributed by atoms with Crippen LogP contribution in [0.4, 0.5) is 0 Å². The summed E-state index contributed by atoms with van der Waals surface area (Å²) in [5.74, 6) is 0.917. The number of aromatic nitrogens is 1. The number of benzene rings is 2. The fourth-order valence-corrected chi connectivity index (χ4v) is 4.07. The van der Waals surface area contributed by atoms with Gasteiger partial charge in [-0.3, -0.25) is 0 Å². The fraction of sp³-hybridized carbons (Fsp3) is 0.0500. The number of para-hydroxylation sites is 2. The monoisotopic (exact) mass is 315 g/mol. The molecule has 0 bridgehead atoms. The molecule has 2 aromatic heterocycles. The van der Waals surface area contributed by atoms with Crippen molar-refractivity contribution in [3.8, 4) is 27.4 Å². The highest BCUT2D eigenvalue weighted by atomic mass is 32.1. The van der Waals surface area contributed by atoms with Crippen LogP contribution >= 0.6 is 11.3 Å². The Morgan fingerprint density at radius 3 is 2.70 bits per heavy atom. The Morgan fingerprint density at radius 1 is 0.913 bits per heavy atom. The third-order valence-electron chi connectivity index (χ3n) is 4.28. The zero-order valence-electron chi connectivity index (χ0n) is 12.3. The minimum absolute atomic E-state index is 0.567. The van der Waals surface area contributed by atoms with E-state index in [-0.39, 0.29) is 0 Å². The molecular formula is C20H13NOS. The Morgan fingerprint density at radius 2 is 1.78 bits per heavy atom. The van der Waals surface area contributed by atoms with E-state index in [4.69, 9.17) is 9.72 Å². The molecule has 0 radical (unpaired) electrons. The zero-order chi connectivity index (χ0) is 15.2. The number of fused-ring (bicyclic) bond motifs is 4. The number of hydrogen-bond donors (Lipinski definition) is 0. The maximum Gasteiger partial charge on any atom is 0.129 e. The van der Waals surface area contributed by atoms with E-state index in [1.807, 2.05) is 24.3 Å². The second kappa shape index (κ2) is 4.93. The Bertz CT molecular complexity index is 1020. The fourth-order valence-electron chi connectivity index (χ4n) is 3.26. The largest absolute Gasteiger partial charge is 0.488 e. The van der Waals surface area contributed by atoms with Crippen molar-refractivity contribution in [3.05, 3.63) is 71.6 Å². The van der Waals surface area contributed by atoms with Crippen LogP contribution in [-0.4, -0.2) is 4.98 Å². The van der Waals surface area contributed by atoms with Crippen molar-refractivity contribution in [3.63, 3.8) is 0 Å². The van der Waals surface area contributed by atoms with Crippen molar-refractivity contribution in [2.75, 3.05) is 0 Å². The maximum absolute atomic E-state index is 6.00. The second-order valence-corrected chi connectivity index (χ2v) is 6.54. The molecule has 0 unspecified atom stereocenters. The lowest BCUT2D eigenvalue weighted by Crippen LogP contribution is -2.09. The van der Waals surface area contributed by atoms with Crippen molar-refractivity contribution < 1.29 is 4.74 Å². The van der Waals surface area contributed by atoms with Crippen molar-refractivity contribution in [2.45, 2.75) is 6.61 Å². The minimum atomic E-state index is 0.567. The summed E-state index contributed by atoms with van der Waals surface area (Å²) >= 11 is 1.76. The van der Waals surface area contributed by atoms with Crippen LogP contribution in [0.2, 0.25) is 0 Å². The predicted molar refractivity (Wildman–Crippen MR) is 94.8 cm³/mol. The van der Waals surface area contributed by atoms with Crippen LogP contribution in [0.3, 0.4) is 0 Å². The highest BCUT2D eigenvalue weighted by Gasteiger charge is 2.24. The van der Waals surface area contributed by atoms with E-state index in [1.165, 1.54) is 21.4 Å². The summed E-state index contributed by atoms with van der Waals surface area (Å²) in [6.07, 6.45) is 0. The van der Waals surface area contributed by atoms with Gasteiger partial charge in [0.15, 0.2) is 0 Å². The molecular weight excluding hydrogens is 302 g/mol. The average molecular weight is 315 g/mol. The van der Waals surface area contributed by atoms with Gasteiger partial charge < -0.3 is 4.74 Å². The number of hydrogen-bond acceptors (Lipinski definition) is 3. The average Bonchev–Trinajstić information content (AvgIpc) is 3.14. The van der Waals surface area contributed by atoms with Crippen LogP contribution < -0.4 is 4.74 Å². The van der Waals surface area contributed by atoms with Gasteiger partial charge in [0.05, 0.1) is 11.2 Å². The van der Waals surface area contributed by atoms with Gasteiger partial charge >= 0.3 is 0 Å². The lowest BCUT2D eigenvalue weighted by Gasteiger charge is -2.23. The predicted octanol–water partition coefficient (Wildman–Crippen LogP) is 5.52. The van der Waals surface area contributed by atoms with E-state index in [1.54, 1.807) is 11.3 Å². The van der Waals surface area contributed by atoms with Crippen LogP contribution in [-0.2, 0) is 6.61 Å².